The Morgan fingerprint density at radius 1 is 0.301 bits per heavy atom. The average Bonchev–Trinajstić information content (AvgIpc) is 3.42. The van der Waals surface area contributed by atoms with Crippen molar-refractivity contribution in [3.63, 3.8) is 0 Å². The van der Waals surface area contributed by atoms with Gasteiger partial charge in [0, 0.05) is 25.7 Å². The van der Waals surface area contributed by atoms with Crippen LogP contribution in [0.3, 0.4) is 0 Å². The molecule has 0 aliphatic carbocycles. The Kier molecular flexibility index (Phi) is 62.2. The lowest BCUT2D eigenvalue weighted by molar-refractivity contribution is -0.161. The van der Waals surface area contributed by atoms with Crippen molar-refractivity contribution < 1.29 is 80.2 Å². The molecule has 93 heavy (non-hydrogen) atoms. The molecule has 19 heteroatoms. The van der Waals surface area contributed by atoms with E-state index in [1.54, 1.807) is 0 Å². The molecule has 17 nitrogen and oxygen atoms in total. The van der Waals surface area contributed by atoms with E-state index in [4.69, 9.17) is 37.0 Å². The summed E-state index contributed by atoms with van der Waals surface area (Å²) in [5.74, 6) is 0.921. The molecule has 0 heterocycles. The molecule has 4 unspecified atom stereocenters. The van der Waals surface area contributed by atoms with Crippen molar-refractivity contribution in [3.8, 4) is 0 Å². The van der Waals surface area contributed by atoms with Crippen LogP contribution >= 0.6 is 15.6 Å². The normalized spacial score (nSPS) is 14.5. The lowest BCUT2D eigenvalue weighted by atomic mass is 9.99. The minimum Gasteiger partial charge on any atom is -0.462 e. The second-order valence-corrected chi connectivity index (χ2v) is 31.3. The molecule has 0 saturated heterocycles. The minimum atomic E-state index is -4.96. The van der Waals surface area contributed by atoms with E-state index in [1.165, 1.54) is 173 Å². The molecule has 3 N–H and O–H groups in total. The van der Waals surface area contributed by atoms with E-state index in [-0.39, 0.29) is 25.7 Å². The Labute approximate surface area is 568 Å². The molecule has 0 bridgehead atoms. The van der Waals surface area contributed by atoms with Gasteiger partial charge in [-0.05, 0) is 49.4 Å². The van der Waals surface area contributed by atoms with Crippen molar-refractivity contribution in [2.24, 2.45) is 23.7 Å². The number of carbonyl (C=O) groups excluding carboxylic acids is 4. The first kappa shape index (κ1) is 91.1. The highest BCUT2D eigenvalue weighted by Crippen LogP contribution is 2.45. The first-order valence-corrected chi connectivity index (χ1v) is 41.2. The zero-order valence-electron chi connectivity index (χ0n) is 60.9. The lowest BCUT2D eigenvalue weighted by Crippen LogP contribution is -2.30. The molecule has 6 atom stereocenters. The van der Waals surface area contributed by atoms with E-state index in [1.807, 2.05) is 0 Å². The van der Waals surface area contributed by atoms with Gasteiger partial charge in [0.15, 0.2) is 12.2 Å². The molecule has 0 aromatic rings. The molecule has 0 aromatic heterocycles. The van der Waals surface area contributed by atoms with Crippen molar-refractivity contribution in [2.45, 2.75) is 388 Å². The maximum absolute atomic E-state index is 13.1. The van der Waals surface area contributed by atoms with Gasteiger partial charge in [-0.25, -0.2) is 9.13 Å². The summed E-state index contributed by atoms with van der Waals surface area (Å²) in [6.45, 7) is 14.2. The van der Waals surface area contributed by atoms with Crippen LogP contribution in [-0.2, 0) is 65.4 Å². The average molecular weight is 1370 g/mol. The molecule has 0 aliphatic rings. The summed E-state index contributed by atoms with van der Waals surface area (Å²) in [7, 11) is -9.91. The molecular formula is C74H144O17P2. The number of phosphoric acid groups is 2. The van der Waals surface area contributed by atoms with Crippen LogP contribution in [0.1, 0.15) is 370 Å². The monoisotopic (exact) mass is 1370 g/mol. The topological polar surface area (TPSA) is 237 Å². The number of unbranched alkanes of at least 4 members (excludes halogenated alkanes) is 36. The van der Waals surface area contributed by atoms with Crippen molar-refractivity contribution in [1.29, 1.82) is 0 Å². The molecule has 0 amide bonds. The summed E-state index contributed by atoms with van der Waals surface area (Å²) in [5.41, 5.74) is 0. The first-order chi connectivity index (χ1) is 44.6. The van der Waals surface area contributed by atoms with Gasteiger partial charge >= 0.3 is 39.5 Å². The number of carbonyl (C=O) groups is 4. The van der Waals surface area contributed by atoms with Gasteiger partial charge < -0.3 is 33.8 Å². The summed E-state index contributed by atoms with van der Waals surface area (Å²) in [6.07, 6.45) is 47.2. The van der Waals surface area contributed by atoms with Crippen LogP contribution in [0.25, 0.3) is 0 Å². The third kappa shape index (κ3) is 67.0. The first-order valence-electron chi connectivity index (χ1n) is 38.2. The summed E-state index contributed by atoms with van der Waals surface area (Å²) in [6, 6.07) is 0. The number of aliphatic hydroxyl groups is 1. The molecule has 552 valence electrons. The molecule has 0 aliphatic heterocycles. The van der Waals surface area contributed by atoms with E-state index in [2.05, 4.69) is 55.4 Å². The van der Waals surface area contributed by atoms with Gasteiger partial charge in [0.1, 0.15) is 19.3 Å². The van der Waals surface area contributed by atoms with Crippen LogP contribution in [0.4, 0.5) is 0 Å². The van der Waals surface area contributed by atoms with Crippen LogP contribution in [0.2, 0.25) is 0 Å². The van der Waals surface area contributed by atoms with E-state index >= 15 is 0 Å². The Morgan fingerprint density at radius 3 is 0.763 bits per heavy atom. The second kappa shape index (κ2) is 63.5. The van der Waals surface area contributed by atoms with Crippen molar-refractivity contribution in [3.05, 3.63) is 0 Å². The highest BCUT2D eigenvalue weighted by atomic mass is 31.2. The second-order valence-electron chi connectivity index (χ2n) is 28.4. The number of ether oxygens (including phenoxy) is 4. The predicted octanol–water partition coefficient (Wildman–Crippen LogP) is 21.3. The van der Waals surface area contributed by atoms with Crippen LogP contribution in [0.5, 0.6) is 0 Å². The standard InChI is InChI=1S/C74H144O17P2/c1-9-67(8)53-45-37-29-19-14-12-10-11-13-15-20-30-38-46-54-71(76)84-60-69(90-73(78)56-48-40-32-21-17-16-18-26-34-42-50-64(2)3)62-88-92(80,81)86-58-68(75)59-87-93(82,83)89-63-70(91-74(79)57-49-41-33-25-23-28-36-44-52-66(6)7)61-85-72(77)55-47-39-31-24-22-27-35-43-51-65(4)5/h64-70,75H,9-63H2,1-8H3,(H,80,81)(H,82,83)/t67?,68?,69-,70-/m1/s1. The van der Waals surface area contributed by atoms with Crippen molar-refractivity contribution in [1.82, 2.24) is 0 Å². The number of aliphatic hydroxyl groups excluding tert-OH is 1. The van der Waals surface area contributed by atoms with Gasteiger partial charge in [-0.15, -0.1) is 0 Å². The third-order valence-corrected chi connectivity index (χ3v) is 19.3. The molecule has 0 radical (unpaired) electrons. The summed E-state index contributed by atoms with van der Waals surface area (Å²) in [4.78, 5) is 72.7. The van der Waals surface area contributed by atoms with Gasteiger partial charge in [-0.1, -0.05) is 319 Å². The zero-order chi connectivity index (χ0) is 68.9. The number of hydrogen-bond donors (Lipinski definition) is 3. The number of hydrogen-bond acceptors (Lipinski definition) is 15. The summed E-state index contributed by atoms with van der Waals surface area (Å²) >= 11 is 0. The molecule has 0 rings (SSSR count). The minimum absolute atomic E-state index is 0.103. The van der Waals surface area contributed by atoms with Crippen LogP contribution < -0.4 is 0 Å². The lowest BCUT2D eigenvalue weighted by Gasteiger charge is -2.21. The van der Waals surface area contributed by atoms with Gasteiger partial charge in [0.2, 0.25) is 0 Å². The Bertz CT molecular complexity index is 1840. The summed E-state index contributed by atoms with van der Waals surface area (Å²) < 4.78 is 68.4. The fourth-order valence-electron chi connectivity index (χ4n) is 11.2. The Morgan fingerprint density at radius 2 is 0.516 bits per heavy atom. The number of phosphoric ester groups is 2. The fourth-order valence-corrected chi connectivity index (χ4v) is 12.7. The van der Waals surface area contributed by atoms with E-state index in [0.717, 1.165) is 114 Å². The highest BCUT2D eigenvalue weighted by Gasteiger charge is 2.30. The maximum Gasteiger partial charge on any atom is 0.472 e. The Hall–Kier alpha value is -1.94. The molecule has 0 aromatic carbocycles. The smallest absolute Gasteiger partial charge is 0.462 e. The van der Waals surface area contributed by atoms with Crippen LogP contribution in [0.15, 0.2) is 0 Å². The maximum atomic E-state index is 13.1. The van der Waals surface area contributed by atoms with Crippen LogP contribution in [0, 0.1) is 23.7 Å². The zero-order valence-corrected chi connectivity index (χ0v) is 62.7. The number of esters is 4. The van der Waals surface area contributed by atoms with Gasteiger partial charge in [0.25, 0.3) is 0 Å². The van der Waals surface area contributed by atoms with Crippen LogP contribution in [-0.4, -0.2) is 96.7 Å². The van der Waals surface area contributed by atoms with Gasteiger partial charge in [-0.3, -0.25) is 37.3 Å². The quantitative estimate of drug-likeness (QED) is 0.0222. The SMILES string of the molecule is CCC(C)CCCCCCCCCCCCCCCCC(=O)OC[C@H](COP(=O)(O)OCC(O)COP(=O)(O)OC[C@@H](COC(=O)CCCCCCCCCCC(C)C)OC(=O)CCCCCCCCCCC(C)C)OC(=O)CCCCCCCCCCCCC(C)C. The van der Waals surface area contributed by atoms with Gasteiger partial charge in [0.05, 0.1) is 26.4 Å². The molecule has 0 spiro atoms. The van der Waals surface area contributed by atoms with E-state index in [0.29, 0.717) is 25.7 Å². The molecule has 0 fully saturated rings. The molecular weight excluding hydrogens is 1220 g/mol. The van der Waals surface area contributed by atoms with E-state index in [9.17, 15) is 43.2 Å². The summed E-state index contributed by atoms with van der Waals surface area (Å²) in [5, 5.41) is 10.6. The Balaban J connectivity index is 5.23. The third-order valence-electron chi connectivity index (χ3n) is 17.4. The fraction of sp³-hybridized carbons (Fsp3) is 0.946. The largest absolute Gasteiger partial charge is 0.472 e. The van der Waals surface area contributed by atoms with E-state index < -0.39 is 97.5 Å². The highest BCUT2D eigenvalue weighted by molar-refractivity contribution is 7.47. The molecule has 0 saturated carbocycles. The predicted molar refractivity (Wildman–Crippen MR) is 377 cm³/mol. The van der Waals surface area contributed by atoms with Crippen molar-refractivity contribution >= 4 is 39.5 Å². The van der Waals surface area contributed by atoms with Gasteiger partial charge in [-0.2, -0.15) is 0 Å². The van der Waals surface area contributed by atoms with Crippen molar-refractivity contribution in [2.75, 3.05) is 39.6 Å². The number of rotatable bonds is 71.